The van der Waals surface area contributed by atoms with Crippen molar-refractivity contribution in [3.05, 3.63) is 0 Å². The van der Waals surface area contributed by atoms with Crippen LogP contribution in [0, 0.1) is 11.8 Å². The minimum Gasteiger partial charge on any atom is -0.480 e. The number of nitrogens with one attached hydrogen (secondary N) is 1. The van der Waals surface area contributed by atoms with Gasteiger partial charge in [0.2, 0.25) is 0 Å². The number of amides is 2. The molecule has 0 atom stereocenters. The maximum absolute atomic E-state index is 12.0. The molecule has 2 saturated carbocycles. The van der Waals surface area contributed by atoms with Crippen molar-refractivity contribution in [2.45, 2.75) is 44.9 Å². The van der Waals surface area contributed by atoms with Crippen molar-refractivity contribution in [1.82, 2.24) is 10.2 Å². The number of urea groups is 1. The lowest BCUT2D eigenvalue weighted by Gasteiger charge is -2.25. The van der Waals surface area contributed by atoms with Crippen LogP contribution in [0.25, 0.3) is 0 Å². The number of hydrogen-bond acceptors (Lipinski definition) is 2. The van der Waals surface area contributed by atoms with Crippen molar-refractivity contribution >= 4 is 12.0 Å². The zero-order chi connectivity index (χ0) is 13.7. The molecule has 0 radical (unpaired) electrons. The zero-order valence-electron chi connectivity index (χ0n) is 11.4. The van der Waals surface area contributed by atoms with E-state index in [1.54, 1.807) is 0 Å². The fourth-order valence-electron chi connectivity index (χ4n) is 2.73. The van der Waals surface area contributed by atoms with Gasteiger partial charge in [0.1, 0.15) is 6.54 Å². The summed E-state index contributed by atoms with van der Waals surface area (Å²) in [5.41, 5.74) is 0. The molecule has 2 N–H and O–H groups in total. The Morgan fingerprint density at radius 3 is 2.32 bits per heavy atom. The summed E-state index contributed by atoms with van der Waals surface area (Å²) in [6.07, 6.45) is 8.40. The van der Waals surface area contributed by atoms with Crippen molar-refractivity contribution in [3.63, 3.8) is 0 Å². The van der Waals surface area contributed by atoms with E-state index in [4.69, 9.17) is 5.11 Å². The van der Waals surface area contributed by atoms with Crippen LogP contribution in [0.4, 0.5) is 4.79 Å². The first-order valence-corrected chi connectivity index (χ1v) is 7.39. The van der Waals surface area contributed by atoms with Gasteiger partial charge in [0, 0.05) is 13.1 Å². The Balaban J connectivity index is 1.74. The third-order valence-corrected chi connectivity index (χ3v) is 4.06. The van der Waals surface area contributed by atoms with Gasteiger partial charge in [0.05, 0.1) is 0 Å². The highest BCUT2D eigenvalue weighted by Crippen LogP contribution is 2.29. The second-order valence-electron chi connectivity index (χ2n) is 5.91. The normalized spacial score (nSPS) is 20.0. The van der Waals surface area contributed by atoms with Gasteiger partial charge < -0.3 is 15.3 Å². The van der Waals surface area contributed by atoms with E-state index in [0.717, 1.165) is 12.8 Å². The van der Waals surface area contributed by atoms with Gasteiger partial charge in [-0.05, 0) is 37.5 Å². The van der Waals surface area contributed by atoms with Gasteiger partial charge in [0.15, 0.2) is 0 Å². The van der Waals surface area contributed by atoms with E-state index in [2.05, 4.69) is 5.32 Å². The largest absolute Gasteiger partial charge is 0.480 e. The molecule has 2 rings (SSSR count). The fraction of sp³-hybridized carbons (Fsp3) is 0.857. The Hall–Kier alpha value is -1.26. The van der Waals surface area contributed by atoms with E-state index in [0.29, 0.717) is 24.9 Å². The number of aliphatic carboxylic acids is 1. The Bertz CT molecular complexity index is 323. The maximum Gasteiger partial charge on any atom is 0.323 e. The van der Waals surface area contributed by atoms with Gasteiger partial charge in [0.25, 0.3) is 0 Å². The summed E-state index contributed by atoms with van der Waals surface area (Å²) < 4.78 is 0. The average molecular weight is 268 g/mol. The smallest absolute Gasteiger partial charge is 0.323 e. The Kier molecular flexibility index (Phi) is 5.05. The molecule has 0 spiro atoms. The number of nitrogens with zero attached hydrogens (tertiary/aromatic N) is 1. The van der Waals surface area contributed by atoms with Crippen LogP contribution in [0.15, 0.2) is 0 Å². The zero-order valence-corrected chi connectivity index (χ0v) is 11.4. The third kappa shape index (κ3) is 5.09. The summed E-state index contributed by atoms with van der Waals surface area (Å²) in [5, 5.41) is 11.8. The van der Waals surface area contributed by atoms with E-state index in [1.807, 2.05) is 0 Å². The van der Waals surface area contributed by atoms with Crippen LogP contribution >= 0.6 is 0 Å². The van der Waals surface area contributed by atoms with Crippen molar-refractivity contribution in [2.75, 3.05) is 19.6 Å². The summed E-state index contributed by atoms with van der Waals surface area (Å²) in [7, 11) is 0. The summed E-state index contributed by atoms with van der Waals surface area (Å²) in [6.45, 7) is 1.09. The summed E-state index contributed by atoms with van der Waals surface area (Å²) in [5.74, 6) is 0.151. The number of carbonyl (C=O) groups excluding carboxylic acids is 1. The minimum atomic E-state index is -0.937. The van der Waals surface area contributed by atoms with Crippen molar-refractivity contribution in [1.29, 1.82) is 0 Å². The topological polar surface area (TPSA) is 69.6 Å². The second-order valence-corrected chi connectivity index (χ2v) is 5.91. The predicted molar refractivity (Wildman–Crippen MR) is 71.9 cm³/mol. The molecule has 5 nitrogen and oxygen atoms in total. The van der Waals surface area contributed by atoms with Crippen molar-refractivity contribution < 1.29 is 14.7 Å². The van der Waals surface area contributed by atoms with E-state index in [9.17, 15) is 9.59 Å². The van der Waals surface area contributed by atoms with E-state index >= 15 is 0 Å². The molecule has 0 aliphatic heterocycles. The first kappa shape index (κ1) is 14.2. The number of carboxylic acid groups (broad SMARTS) is 1. The van der Waals surface area contributed by atoms with Crippen LogP contribution in [0.3, 0.4) is 0 Å². The molecule has 19 heavy (non-hydrogen) atoms. The highest BCUT2D eigenvalue weighted by molar-refractivity contribution is 5.80. The van der Waals surface area contributed by atoms with Crippen LogP contribution in [0.1, 0.15) is 44.9 Å². The van der Waals surface area contributed by atoms with Crippen LogP contribution in [0.2, 0.25) is 0 Å². The molecule has 108 valence electrons. The molecular weight excluding hydrogens is 244 g/mol. The molecule has 0 bridgehead atoms. The molecule has 5 heteroatoms. The Morgan fingerprint density at radius 1 is 1.05 bits per heavy atom. The average Bonchev–Trinajstić information content (AvgIpc) is 3.20. The van der Waals surface area contributed by atoms with Crippen LogP contribution in [-0.4, -0.2) is 41.6 Å². The number of carbonyl (C=O) groups is 2. The number of hydrogen-bond donors (Lipinski definition) is 2. The van der Waals surface area contributed by atoms with Crippen LogP contribution in [0.5, 0.6) is 0 Å². The first-order valence-electron chi connectivity index (χ1n) is 7.39. The Morgan fingerprint density at radius 2 is 1.74 bits per heavy atom. The monoisotopic (exact) mass is 268 g/mol. The van der Waals surface area contributed by atoms with Gasteiger partial charge in [-0.1, -0.05) is 19.3 Å². The van der Waals surface area contributed by atoms with Gasteiger partial charge in [-0.2, -0.15) is 0 Å². The summed E-state index contributed by atoms with van der Waals surface area (Å²) in [6, 6.07) is -0.208. The van der Waals surface area contributed by atoms with E-state index in [-0.39, 0.29) is 12.6 Å². The molecule has 0 aromatic carbocycles. The maximum atomic E-state index is 12.0. The lowest BCUT2D eigenvalue weighted by atomic mass is 9.89. The van der Waals surface area contributed by atoms with Gasteiger partial charge in [-0.25, -0.2) is 4.79 Å². The molecule has 0 saturated heterocycles. The fourth-order valence-corrected chi connectivity index (χ4v) is 2.73. The molecule has 2 aliphatic carbocycles. The molecular formula is C14H24N2O3. The number of rotatable bonds is 6. The molecule has 0 aromatic heterocycles. The predicted octanol–water partition coefficient (Wildman–Crippen LogP) is 2.07. The Labute approximate surface area is 114 Å². The van der Waals surface area contributed by atoms with E-state index in [1.165, 1.54) is 37.0 Å². The van der Waals surface area contributed by atoms with Crippen molar-refractivity contribution in [2.24, 2.45) is 11.8 Å². The number of carboxylic acids is 1. The summed E-state index contributed by atoms with van der Waals surface area (Å²) >= 11 is 0. The quantitative estimate of drug-likeness (QED) is 0.774. The lowest BCUT2D eigenvalue weighted by molar-refractivity contribution is -0.137. The molecule has 2 fully saturated rings. The standard InChI is InChI=1S/C14H24N2O3/c17-13(18)10-16(9-12-6-7-12)14(19)15-8-11-4-2-1-3-5-11/h11-12H,1-10H2,(H,15,19)(H,17,18). The molecule has 0 heterocycles. The van der Waals surface area contributed by atoms with Gasteiger partial charge >= 0.3 is 12.0 Å². The molecule has 0 unspecified atom stereocenters. The lowest BCUT2D eigenvalue weighted by Crippen LogP contribution is -2.45. The van der Waals surface area contributed by atoms with Gasteiger partial charge in [-0.15, -0.1) is 0 Å². The summed E-state index contributed by atoms with van der Waals surface area (Å²) in [4.78, 5) is 24.3. The third-order valence-electron chi connectivity index (χ3n) is 4.06. The van der Waals surface area contributed by atoms with Gasteiger partial charge in [-0.3, -0.25) is 4.79 Å². The molecule has 2 aliphatic rings. The molecule has 2 amide bonds. The van der Waals surface area contributed by atoms with Crippen molar-refractivity contribution in [3.8, 4) is 0 Å². The van der Waals surface area contributed by atoms with E-state index < -0.39 is 5.97 Å². The van der Waals surface area contributed by atoms with Crippen LogP contribution < -0.4 is 5.32 Å². The molecule has 0 aromatic rings. The highest BCUT2D eigenvalue weighted by atomic mass is 16.4. The first-order chi connectivity index (χ1) is 9.15. The van der Waals surface area contributed by atoms with Crippen LogP contribution in [-0.2, 0) is 4.79 Å². The minimum absolute atomic E-state index is 0.188. The SMILES string of the molecule is O=C(O)CN(CC1CC1)C(=O)NCC1CCCCC1. The second kappa shape index (κ2) is 6.78. The highest BCUT2D eigenvalue weighted by Gasteiger charge is 2.28.